The molecular weight excluding hydrogens is 887 g/mol. The van der Waals surface area contributed by atoms with Crippen LogP contribution in [0, 0.1) is 0 Å². The van der Waals surface area contributed by atoms with Crippen LogP contribution in [0.5, 0.6) is 0 Å². The summed E-state index contributed by atoms with van der Waals surface area (Å²) in [7, 11) is 0. The molecule has 0 saturated carbocycles. The summed E-state index contributed by atoms with van der Waals surface area (Å²) in [4.78, 5) is 13.1. The van der Waals surface area contributed by atoms with Crippen LogP contribution in [-0.4, -0.2) is 87.5 Å². The lowest BCUT2D eigenvalue weighted by atomic mass is 9.99. The lowest BCUT2D eigenvalue weighted by Crippen LogP contribution is -2.60. The van der Waals surface area contributed by atoms with Crippen LogP contribution in [-0.2, 0) is 14.3 Å². The first-order valence-corrected chi connectivity index (χ1v) is 29.7. The van der Waals surface area contributed by atoms with Crippen molar-refractivity contribution in [1.82, 2.24) is 5.32 Å². The molecule has 412 valence electrons. The lowest BCUT2D eigenvalue weighted by molar-refractivity contribution is -0.302. The molecule has 7 atom stereocenters. The monoisotopic (exact) mass is 998 g/mol. The molecular formula is C62H111NO8. The minimum atomic E-state index is -1.57. The van der Waals surface area contributed by atoms with Crippen molar-refractivity contribution in [2.45, 2.75) is 301 Å². The second-order valence-corrected chi connectivity index (χ2v) is 20.4. The molecule has 1 amide bonds. The quantitative estimate of drug-likeness (QED) is 0.0261. The number of ether oxygens (including phenoxy) is 2. The predicted molar refractivity (Wildman–Crippen MR) is 299 cm³/mol. The van der Waals surface area contributed by atoms with E-state index >= 15 is 0 Å². The molecule has 0 aromatic rings. The van der Waals surface area contributed by atoms with Gasteiger partial charge in [0, 0.05) is 6.42 Å². The van der Waals surface area contributed by atoms with E-state index in [4.69, 9.17) is 9.47 Å². The van der Waals surface area contributed by atoms with E-state index in [2.05, 4.69) is 79.9 Å². The Balaban J connectivity index is 2.14. The number of allylic oxidation sites excluding steroid dienone is 11. The Hall–Kier alpha value is -2.37. The van der Waals surface area contributed by atoms with Crippen molar-refractivity contribution in [1.29, 1.82) is 0 Å². The van der Waals surface area contributed by atoms with Gasteiger partial charge in [0.2, 0.25) is 5.91 Å². The first-order valence-electron chi connectivity index (χ1n) is 29.7. The van der Waals surface area contributed by atoms with E-state index in [1.165, 1.54) is 167 Å². The fourth-order valence-electron chi connectivity index (χ4n) is 9.13. The number of hydrogen-bond acceptors (Lipinski definition) is 8. The maximum absolute atomic E-state index is 13.1. The Morgan fingerprint density at radius 3 is 1.30 bits per heavy atom. The molecule has 1 heterocycles. The summed E-state index contributed by atoms with van der Waals surface area (Å²) in [6.07, 6.45) is 64.0. The highest BCUT2D eigenvalue weighted by Gasteiger charge is 2.44. The number of amides is 1. The third-order valence-corrected chi connectivity index (χ3v) is 13.8. The summed E-state index contributed by atoms with van der Waals surface area (Å²) in [6.45, 7) is 3.67. The molecule has 1 fully saturated rings. The fourth-order valence-corrected chi connectivity index (χ4v) is 9.13. The van der Waals surface area contributed by atoms with E-state index in [1.807, 2.05) is 6.08 Å². The highest BCUT2D eigenvalue weighted by molar-refractivity contribution is 5.76. The summed E-state index contributed by atoms with van der Waals surface area (Å²) in [5.74, 6) is -0.176. The number of rotatable bonds is 50. The zero-order valence-corrected chi connectivity index (χ0v) is 45.7. The first kappa shape index (κ1) is 66.6. The van der Waals surface area contributed by atoms with Gasteiger partial charge < -0.3 is 40.3 Å². The molecule has 9 nitrogen and oxygen atoms in total. The number of hydrogen-bond donors (Lipinski definition) is 6. The zero-order chi connectivity index (χ0) is 51.5. The summed E-state index contributed by atoms with van der Waals surface area (Å²) < 4.78 is 11.3. The standard InChI is InChI=1S/C62H111NO8/c1-3-5-7-9-11-13-15-17-19-20-21-22-23-24-25-26-27-28-29-30-31-32-33-34-35-36-38-40-42-44-46-48-50-52-58(66)63-55(54-70-62-61(69)60(68)59(67)57(53-64)71-62)56(65)51-49-47-45-43-41-39-37-18-16-14-12-10-8-6-4-2/h5,7,11,13,17,19,21-22,24-25,49,51,55-57,59-62,64-65,67-69H,3-4,6,8-10,12,14-16,18,20,23,26-48,50,52-54H2,1-2H3,(H,63,66)/b7-5-,13-11-,19-17-,22-21-,25-24-,51-49+. The predicted octanol–water partition coefficient (Wildman–Crippen LogP) is 14.8. The number of aliphatic hydroxyl groups excluding tert-OH is 5. The molecule has 1 aliphatic rings. The van der Waals surface area contributed by atoms with Gasteiger partial charge in [0.05, 0.1) is 25.4 Å². The Labute approximate surface area is 436 Å². The molecule has 71 heavy (non-hydrogen) atoms. The zero-order valence-electron chi connectivity index (χ0n) is 45.7. The summed E-state index contributed by atoms with van der Waals surface area (Å²) in [5.41, 5.74) is 0. The van der Waals surface area contributed by atoms with Gasteiger partial charge in [-0.05, 0) is 64.2 Å². The van der Waals surface area contributed by atoms with Gasteiger partial charge in [-0.25, -0.2) is 0 Å². The minimum absolute atomic E-state index is 0.176. The molecule has 0 aromatic heterocycles. The molecule has 1 aliphatic heterocycles. The van der Waals surface area contributed by atoms with Crippen molar-refractivity contribution in [3.8, 4) is 0 Å². The van der Waals surface area contributed by atoms with Crippen LogP contribution in [0.1, 0.15) is 258 Å². The maximum Gasteiger partial charge on any atom is 0.220 e. The SMILES string of the molecule is CC/C=C\C/C=C\C/C=C\C/C=C\C/C=C\CCCCCCCCCCCCCCCCCCCC(=O)NC(COC1OC(CO)C(O)C(O)C1O)C(O)/C=C/CCCCCCCCCCCCCCC. The topological polar surface area (TPSA) is 149 Å². The van der Waals surface area contributed by atoms with Crippen LogP contribution in [0.2, 0.25) is 0 Å². The molecule has 1 rings (SSSR count). The first-order chi connectivity index (χ1) is 34.8. The van der Waals surface area contributed by atoms with Gasteiger partial charge in [-0.1, -0.05) is 260 Å². The molecule has 0 aliphatic carbocycles. The van der Waals surface area contributed by atoms with Crippen molar-refractivity contribution in [3.63, 3.8) is 0 Å². The second kappa shape index (κ2) is 51.1. The number of carbonyl (C=O) groups excluding carboxylic acids is 1. The van der Waals surface area contributed by atoms with E-state index in [9.17, 15) is 30.3 Å². The summed E-state index contributed by atoms with van der Waals surface area (Å²) >= 11 is 0. The Morgan fingerprint density at radius 2 is 0.873 bits per heavy atom. The average Bonchev–Trinajstić information content (AvgIpc) is 3.37. The van der Waals surface area contributed by atoms with E-state index in [1.54, 1.807) is 6.08 Å². The van der Waals surface area contributed by atoms with Crippen molar-refractivity contribution in [3.05, 3.63) is 72.9 Å². The largest absolute Gasteiger partial charge is 0.394 e. The van der Waals surface area contributed by atoms with Crippen molar-refractivity contribution in [2.24, 2.45) is 0 Å². The molecule has 0 aromatic carbocycles. The number of aliphatic hydroxyl groups is 5. The molecule has 9 heteroatoms. The Kier molecular flexibility index (Phi) is 48.0. The third kappa shape index (κ3) is 40.7. The van der Waals surface area contributed by atoms with E-state index < -0.39 is 49.5 Å². The highest BCUT2D eigenvalue weighted by Crippen LogP contribution is 2.23. The number of unbranched alkanes of at least 4 members (excludes halogenated alkanes) is 30. The van der Waals surface area contributed by atoms with Gasteiger partial charge in [-0.3, -0.25) is 4.79 Å². The number of carbonyl (C=O) groups is 1. The molecule has 0 bridgehead atoms. The van der Waals surface area contributed by atoms with Crippen LogP contribution >= 0.6 is 0 Å². The Morgan fingerprint density at radius 1 is 0.493 bits per heavy atom. The van der Waals surface area contributed by atoms with E-state index in [0.717, 1.165) is 70.6 Å². The van der Waals surface area contributed by atoms with E-state index in [0.29, 0.717) is 6.42 Å². The molecule has 1 saturated heterocycles. The Bertz CT molecular complexity index is 1340. The van der Waals surface area contributed by atoms with Crippen molar-refractivity contribution >= 4 is 5.91 Å². The van der Waals surface area contributed by atoms with Gasteiger partial charge in [-0.2, -0.15) is 0 Å². The van der Waals surface area contributed by atoms with Gasteiger partial charge in [0.15, 0.2) is 6.29 Å². The third-order valence-electron chi connectivity index (χ3n) is 13.8. The molecule has 6 N–H and O–H groups in total. The van der Waals surface area contributed by atoms with Crippen LogP contribution in [0.3, 0.4) is 0 Å². The van der Waals surface area contributed by atoms with Crippen LogP contribution in [0.15, 0.2) is 72.9 Å². The van der Waals surface area contributed by atoms with Gasteiger partial charge in [0.25, 0.3) is 0 Å². The molecule has 0 radical (unpaired) electrons. The van der Waals surface area contributed by atoms with Gasteiger partial charge >= 0.3 is 0 Å². The summed E-state index contributed by atoms with van der Waals surface area (Å²) in [6, 6.07) is -0.806. The fraction of sp³-hybridized carbons (Fsp3) is 0.790. The second-order valence-electron chi connectivity index (χ2n) is 20.4. The maximum atomic E-state index is 13.1. The number of nitrogens with one attached hydrogen (secondary N) is 1. The molecule has 7 unspecified atom stereocenters. The van der Waals surface area contributed by atoms with Crippen LogP contribution in [0.4, 0.5) is 0 Å². The van der Waals surface area contributed by atoms with Crippen LogP contribution in [0.25, 0.3) is 0 Å². The average molecular weight is 999 g/mol. The highest BCUT2D eigenvalue weighted by atomic mass is 16.7. The van der Waals surface area contributed by atoms with Crippen LogP contribution < -0.4 is 5.32 Å². The van der Waals surface area contributed by atoms with E-state index in [-0.39, 0.29) is 12.5 Å². The summed E-state index contributed by atoms with van der Waals surface area (Å²) in [5, 5.41) is 54.5. The minimum Gasteiger partial charge on any atom is -0.394 e. The van der Waals surface area contributed by atoms with Gasteiger partial charge in [-0.15, -0.1) is 0 Å². The smallest absolute Gasteiger partial charge is 0.220 e. The van der Waals surface area contributed by atoms with Gasteiger partial charge in [0.1, 0.15) is 24.4 Å². The lowest BCUT2D eigenvalue weighted by Gasteiger charge is -2.40. The van der Waals surface area contributed by atoms with Crippen molar-refractivity contribution < 1.29 is 39.8 Å². The normalized spacial score (nSPS) is 19.8. The molecule has 0 spiro atoms. The van der Waals surface area contributed by atoms with Crippen molar-refractivity contribution in [2.75, 3.05) is 13.2 Å².